The van der Waals surface area contributed by atoms with Gasteiger partial charge in [0.1, 0.15) is 0 Å². The molecule has 0 amide bonds. The zero-order chi connectivity index (χ0) is 14.3. The Kier molecular flexibility index (Phi) is 6.38. The summed E-state index contributed by atoms with van der Waals surface area (Å²) in [6.45, 7) is 0.950. The van der Waals surface area contributed by atoms with Crippen molar-refractivity contribution >= 4 is 17.3 Å². The highest BCUT2D eigenvalue weighted by atomic mass is 35.5. The SMILES string of the molecule is COCCCOc1cc([N+](=O)[O-])c(CCl)cc1OC. The maximum Gasteiger partial charge on any atom is 0.277 e. The first-order valence-corrected chi connectivity index (χ1v) is 6.20. The summed E-state index contributed by atoms with van der Waals surface area (Å²) in [6, 6.07) is 2.86. The second-order valence-corrected chi connectivity index (χ2v) is 3.98. The van der Waals surface area contributed by atoms with Crippen molar-refractivity contribution in [2.75, 3.05) is 27.4 Å². The van der Waals surface area contributed by atoms with Crippen LogP contribution >= 0.6 is 11.6 Å². The van der Waals surface area contributed by atoms with Gasteiger partial charge in [0.05, 0.1) is 30.6 Å². The lowest BCUT2D eigenvalue weighted by atomic mass is 10.2. The molecule has 1 rings (SSSR count). The van der Waals surface area contributed by atoms with Crippen LogP contribution in [-0.4, -0.2) is 32.4 Å². The molecule has 0 bridgehead atoms. The van der Waals surface area contributed by atoms with Gasteiger partial charge >= 0.3 is 0 Å². The number of halogens is 1. The molecule has 0 aliphatic heterocycles. The average Bonchev–Trinajstić information content (AvgIpc) is 2.42. The second-order valence-electron chi connectivity index (χ2n) is 3.72. The number of benzene rings is 1. The Hall–Kier alpha value is -1.53. The molecule has 0 saturated carbocycles. The smallest absolute Gasteiger partial charge is 0.277 e. The quantitative estimate of drug-likeness (QED) is 0.318. The van der Waals surface area contributed by atoms with E-state index in [4.69, 9.17) is 25.8 Å². The largest absolute Gasteiger partial charge is 0.493 e. The van der Waals surface area contributed by atoms with Crippen LogP contribution in [0, 0.1) is 10.1 Å². The van der Waals surface area contributed by atoms with Crippen LogP contribution < -0.4 is 9.47 Å². The van der Waals surface area contributed by atoms with Crippen molar-refractivity contribution < 1.29 is 19.1 Å². The van der Waals surface area contributed by atoms with Crippen molar-refractivity contribution in [2.24, 2.45) is 0 Å². The van der Waals surface area contributed by atoms with Gasteiger partial charge in [-0.3, -0.25) is 10.1 Å². The first kappa shape index (κ1) is 15.5. The van der Waals surface area contributed by atoms with Gasteiger partial charge in [-0.05, 0) is 6.07 Å². The van der Waals surface area contributed by atoms with Gasteiger partial charge < -0.3 is 14.2 Å². The van der Waals surface area contributed by atoms with Crippen molar-refractivity contribution in [3.8, 4) is 11.5 Å². The van der Waals surface area contributed by atoms with Gasteiger partial charge in [0.25, 0.3) is 5.69 Å². The summed E-state index contributed by atoms with van der Waals surface area (Å²) >= 11 is 5.69. The number of hydrogen-bond acceptors (Lipinski definition) is 5. The number of ether oxygens (including phenoxy) is 3. The molecule has 0 aliphatic carbocycles. The van der Waals surface area contributed by atoms with Gasteiger partial charge in [0.15, 0.2) is 11.5 Å². The summed E-state index contributed by atoms with van der Waals surface area (Å²) in [5.41, 5.74) is 0.324. The Balaban J connectivity index is 2.94. The fraction of sp³-hybridized carbons (Fsp3) is 0.500. The van der Waals surface area contributed by atoms with E-state index in [0.29, 0.717) is 36.7 Å². The van der Waals surface area contributed by atoms with E-state index >= 15 is 0 Å². The molecule has 7 heteroatoms. The third-order valence-electron chi connectivity index (χ3n) is 2.46. The fourth-order valence-electron chi connectivity index (χ4n) is 1.53. The highest BCUT2D eigenvalue weighted by molar-refractivity contribution is 6.17. The third kappa shape index (κ3) is 4.25. The first-order chi connectivity index (χ1) is 9.13. The summed E-state index contributed by atoms with van der Waals surface area (Å²) in [5, 5.41) is 10.9. The predicted octanol–water partition coefficient (Wildman–Crippen LogP) is 2.76. The molecule has 0 heterocycles. The Morgan fingerprint density at radius 3 is 2.53 bits per heavy atom. The molecule has 6 nitrogen and oxygen atoms in total. The molecule has 106 valence electrons. The zero-order valence-corrected chi connectivity index (χ0v) is 11.6. The first-order valence-electron chi connectivity index (χ1n) is 5.67. The maximum absolute atomic E-state index is 10.9. The molecule has 19 heavy (non-hydrogen) atoms. The number of nitro benzene ring substituents is 1. The van der Waals surface area contributed by atoms with E-state index in [-0.39, 0.29) is 11.6 Å². The highest BCUT2D eigenvalue weighted by Gasteiger charge is 2.19. The van der Waals surface area contributed by atoms with Crippen molar-refractivity contribution in [1.82, 2.24) is 0 Å². The normalized spacial score (nSPS) is 10.3. The number of nitro groups is 1. The van der Waals surface area contributed by atoms with Crippen LogP contribution in [0.15, 0.2) is 12.1 Å². The molecule has 0 unspecified atom stereocenters. The van der Waals surface area contributed by atoms with E-state index in [1.54, 1.807) is 7.11 Å². The summed E-state index contributed by atoms with van der Waals surface area (Å²) in [4.78, 5) is 10.5. The summed E-state index contributed by atoms with van der Waals surface area (Å²) < 4.78 is 15.5. The van der Waals surface area contributed by atoms with Crippen LogP contribution in [0.4, 0.5) is 5.69 Å². The van der Waals surface area contributed by atoms with Crippen molar-refractivity contribution in [1.29, 1.82) is 0 Å². The fourth-order valence-corrected chi connectivity index (χ4v) is 1.74. The van der Waals surface area contributed by atoms with E-state index < -0.39 is 4.92 Å². The minimum Gasteiger partial charge on any atom is -0.493 e. The van der Waals surface area contributed by atoms with Crippen LogP contribution in [0.3, 0.4) is 0 Å². The molecular weight excluding hydrogens is 274 g/mol. The molecule has 0 aromatic heterocycles. The van der Waals surface area contributed by atoms with Gasteiger partial charge in [0.2, 0.25) is 0 Å². The Morgan fingerprint density at radius 1 is 1.26 bits per heavy atom. The molecule has 0 aliphatic rings. The molecule has 0 saturated heterocycles. The molecular formula is C12H16ClNO5. The van der Waals surface area contributed by atoms with Gasteiger partial charge in [0, 0.05) is 25.7 Å². The number of nitrogens with zero attached hydrogens (tertiary/aromatic N) is 1. The zero-order valence-electron chi connectivity index (χ0n) is 10.8. The van der Waals surface area contributed by atoms with Crippen molar-refractivity contribution in [2.45, 2.75) is 12.3 Å². The van der Waals surface area contributed by atoms with Crippen LogP contribution in [0.5, 0.6) is 11.5 Å². The number of methoxy groups -OCH3 is 2. The lowest BCUT2D eigenvalue weighted by Crippen LogP contribution is -2.04. The van der Waals surface area contributed by atoms with E-state index in [0.717, 1.165) is 0 Å². The maximum atomic E-state index is 10.9. The van der Waals surface area contributed by atoms with E-state index in [1.807, 2.05) is 0 Å². The van der Waals surface area contributed by atoms with Gasteiger partial charge in [-0.2, -0.15) is 0 Å². The standard InChI is InChI=1S/C12H16ClNO5/c1-17-4-3-5-19-12-7-10(14(15)16)9(8-13)6-11(12)18-2/h6-7H,3-5,8H2,1-2H3. The van der Waals surface area contributed by atoms with Gasteiger partial charge in [-0.25, -0.2) is 0 Å². The van der Waals surface area contributed by atoms with Crippen LogP contribution in [0.2, 0.25) is 0 Å². The third-order valence-corrected chi connectivity index (χ3v) is 2.74. The van der Waals surface area contributed by atoms with Crippen LogP contribution in [0.25, 0.3) is 0 Å². The molecule has 0 fully saturated rings. The Morgan fingerprint density at radius 2 is 2.00 bits per heavy atom. The number of alkyl halides is 1. The topological polar surface area (TPSA) is 70.8 Å². The molecule has 0 radical (unpaired) electrons. The van der Waals surface area contributed by atoms with E-state index in [1.165, 1.54) is 19.2 Å². The Labute approximate surface area is 116 Å². The van der Waals surface area contributed by atoms with E-state index in [2.05, 4.69) is 0 Å². The minimum absolute atomic E-state index is 0.0383. The second kappa shape index (κ2) is 7.81. The van der Waals surface area contributed by atoms with Gasteiger partial charge in [-0.1, -0.05) is 0 Å². The average molecular weight is 290 g/mol. The molecule has 0 spiro atoms. The lowest BCUT2D eigenvalue weighted by Gasteiger charge is -2.12. The number of rotatable bonds is 8. The van der Waals surface area contributed by atoms with Crippen LogP contribution in [0.1, 0.15) is 12.0 Å². The Bertz CT molecular complexity index is 438. The highest BCUT2D eigenvalue weighted by Crippen LogP contribution is 2.35. The van der Waals surface area contributed by atoms with Crippen molar-refractivity contribution in [3.05, 3.63) is 27.8 Å². The molecule has 0 N–H and O–H groups in total. The van der Waals surface area contributed by atoms with E-state index in [9.17, 15) is 10.1 Å². The molecule has 1 aromatic rings. The molecule has 1 aromatic carbocycles. The lowest BCUT2D eigenvalue weighted by molar-refractivity contribution is -0.385. The summed E-state index contributed by atoms with van der Waals surface area (Å²) in [6.07, 6.45) is 0.685. The van der Waals surface area contributed by atoms with Gasteiger partial charge in [-0.15, -0.1) is 11.6 Å². The predicted molar refractivity (Wildman–Crippen MR) is 71.2 cm³/mol. The monoisotopic (exact) mass is 289 g/mol. The summed E-state index contributed by atoms with van der Waals surface area (Å²) in [7, 11) is 3.07. The minimum atomic E-state index is -0.487. The van der Waals surface area contributed by atoms with Crippen molar-refractivity contribution in [3.63, 3.8) is 0 Å². The summed E-state index contributed by atoms with van der Waals surface area (Å²) in [5.74, 6) is 0.800. The number of hydrogen-bond donors (Lipinski definition) is 0. The van der Waals surface area contributed by atoms with Crippen LogP contribution in [-0.2, 0) is 10.6 Å². The molecule has 0 atom stereocenters.